The number of nitrogens with one attached hydrogen (secondary N) is 1. The summed E-state index contributed by atoms with van der Waals surface area (Å²) in [5, 5.41) is 10.2. The van der Waals surface area contributed by atoms with Gasteiger partial charge in [0, 0.05) is 37.8 Å². The van der Waals surface area contributed by atoms with E-state index >= 15 is 0 Å². The lowest BCUT2D eigenvalue weighted by Crippen LogP contribution is -2.49. The number of anilines is 1. The summed E-state index contributed by atoms with van der Waals surface area (Å²) in [6, 6.07) is 16.2. The van der Waals surface area contributed by atoms with Gasteiger partial charge >= 0.3 is 12.3 Å². The van der Waals surface area contributed by atoms with Gasteiger partial charge in [-0.1, -0.05) is 42.5 Å². The largest absolute Gasteiger partial charge is 0.417 e. The van der Waals surface area contributed by atoms with Crippen LogP contribution in [0.5, 0.6) is 5.88 Å². The van der Waals surface area contributed by atoms with Gasteiger partial charge in [0.15, 0.2) is 11.6 Å². The van der Waals surface area contributed by atoms with E-state index in [0.717, 1.165) is 6.07 Å². The van der Waals surface area contributed by atoms with Crippen molar-refractivity contribution in [3.63, 3.8) is 0 Å². The van der Waals surface area contributed by atoms with Crippen molar-refractivity contribution >= 4 is 23.6 Å². The summed E-state index contributed by atoms with van der Waals surface area (Å²) in [5.74, 6) is -0.585. The summed E-state index contributed by atoms with van der Waals surface area (Å²) in [6.07, 6.45) is -5.49. The number of hydrogen-bond acceptors (Lipinski definition) is 7. The third-order valence-corrected chi connectivity index (χ3v) is 5.67. The number of hydrogen-bond donors (Lipinski definition) is 1. The van der Waals surface area contributed by atoms with Crippen LogP contribution in [-0.4, -0.2) is 65.6 Å². The Kier molecular flexibility index (Phi) is 7.66. The number of ether oxygens (including phenoxy) is 1. The number of ketones is 1. The molecule has 1 aliphatic heterocycles. The van der Waals surface area contributed by atoms with Crippen LogP contribution in [0.15, 0.2) is 66.7 Å². The maximum absolute atomic E-state index is 13.3. The van der Waals surface area contributed by atoms with Gasteiger partial charge in [0.1, 0.15) is 0 Å². The second-order valence-electron chi connectivity index (χ2n) is 8.08. The monoisotopic (exact) mass is 513 g/mol. The van der Waals surface area contributed by atoms with Crippen molar-refractivity contribution in [1.29, 1.82) is 0 Å². The number of amides is 2. The van der Waals surface area contributed by atoms with E-state index in [0.29, 0.717) is 24.5 Å². The Bertz CT molecular complexity index is 1260. The number of carbonyl (C=O) groups is 3. The smallest absolute Gasteiger partial charge is 0.390 e. The number of aromatic nitrogens is 2. The van der Waals surface area contributed by atoms with Gasteiger partial charge in [-0.05, 0) is 18.2 Å². The van der Waals surface area contributed by atoms with E-state index in [-0.39, 0.29) is 36.9 Å². The molecule has 9 nitrogen and oxygen atoms in total. The summed E-state index contributed by atoms with van der Waals surface area (Å²) in [4.78, 5) is 39.9. The molecule has 2 amide bonds. The summed E-state index contributed by atoms with van der Waals surface area (Å²) in [7, 11) is 0. The van der Waals surface area contributed by atoms with Gasteiger partial charge in [0.25, 0.3) is 5.91 Å². The lowest BCUT2D eigenvalue weighted by molar-refractivity contribution is -0.138. The van der Waals surface area contributed by atoms with Gasteiger partial charge in [-0.25, -0.2) is 4.79 Å². The predicted molar refractivity (Wildman–Crippen MR) is 126 cm³/mol. The fraction of sp³-hybridized carbons (Fsp3) is 0.240. The number of nitrogens with zero attached hydrogens (tertiary/aromatic N) is 4. The van der Waals surface area contributed by atoms with Crippen LogP contribution in [0, 0.1) is 0 Å². The summed E-state index contributed by atoms with van der Waals surface area (Å²) in [5.41, 5.74) is -0.885. The predicted octanol–water partition coefficient (Wildman–Crippen LogP) is 3.43. The zero-order valence-corrected chi connectivity index (χ0v) is 19.4. The van der Waals surface area contributed by atoms with E-state index in [2.05, 4.69) is 15.5 Å². The maximum atomic E-state index is 13.3. The van der Waals surface area contributed by atoms with Crippen LogP contribution in [0.1, 0.15) is 26.3 Å². The van der Waals surface area contributed by atoms with E-state index in [4.69, 9.17) is 4.74 Å². The van der Waals surface area contributed by atoms with Crippen molar-refractivity contribution in [3.8, 4) is 5.88 Å². The molecule has 192 valence electrons. The Morgan fingerprint density at radius 3 is 2.19 bits per heavy atom. The maximum Gasteiger partial charge on any atom is 0.417 e. The molecule has 1 aliphatic rings. The molecule has 0 bridgehead atoms. The molecule has 4 rings (SSSR count). The molecule has 12 heteroatoms. The van der Waals surface area contributed by atoms with E-state index in [1.807, 2.05) is 4.90 Å². The van der Waals surface area contributed by atoms with Crippen LogP contribution in [0.2, 0.25) is 0 Å². The number of halogens is 3. The van der Waals surface area contributed by atoms with E-state index < -0.39 is 23.7 Å². The molecular weight excluding hydrogens is 491 g/mol. The Hall–Kier alpha value is -4.48. The van der Waals surface area contributed by atoms with E-state index in [1.165, 1.54) is 29.2 Å². The number of rotatable bonds is 6. The molecule has 0 unspecified atom stereocenters. The quantitative estimate of drug-likeness (QED) is 0.504. The first-order valence-electron chi connectivity index (χ1n) is 11.3. The minimum Gasteiger partial charge on any atom is -0.390 e. The average molecular weight is 513 g/mol. The number of alkyl halides is 3. The third-order valence-electron chi connectivity index (χ3n) is 5.67. The van der Waals surface area contributed by atoms with Gasteiger partial charge in [0.2, 0.25) is 5.88 Å². The molecule has 37 heavy (non-hydrogen) atoms. The minimum absolute atomic E-state index is 0.0778. The van der Waals surface area contributed by atoms with Crippen molar-refractivity contribution in [2.75, 3.05) is 37.6 Å². The highest BCUT2D eigenvalue weighted by atomic mass is 19.4. The van der Waals surface area contributed by atoms with Gasteiger partial charge in [-0.15, -0.1) is 10.2 Å². The SMILES string of the molecule is O=C(NCC(=O)c1ccccc1)Oc1ccc(N2CCN(C(=O)c3ccccc3C(F)(F)F)CC2)nn1. The fourth-order valence-electron chi connectivity index (χ4n) is 3.77. The lowest BCUT2D eigenvalue weighted by atomic mass is 10.1. The molecule has 0 spiro atoms. The number of carbonyl (C=O) groups excluding carboxylic acids is 3. The number of benzene rings is 2. The van der Waals surface area contributed by atoms with E-state index in [1.54, 1.807) is 36.4 Å². The van der Waals surface area contributed by atoms with Gasteiger partial charge < -0.3 is 19.9 Å². The Labute approximate surface area is 209 Å². The van der Waals surface area contributed by atoms with Gasteiger partial charge in [-0.2, -0.15) is 13.2 Å². The molecule has 1 aromatic heterocycles. The average Bonchev–Trinajstić information content (AvgIpc) is 2.92. The standard InChI is InChI=1S/C25H22F3N5O4/c26-25(27,28)19-9-5-4-8-18(19)23(35)33-14-12-32(13-15-33)21-10-11-22(31-30-21)37-24(36)29-16-20(34)17-6-2-1-3-7-17/h1-11H,12-16H2,(H,29,36). The van der Waals surface area contributed by atoms with Crippen LogP contribution in [0.25, 0.3) is 0 Å². The first-order valence-corrected chi connectivity index (χ1v) is 11.3. The van der Waals surface area contributed by atoms with Crippen molar-refractivity contribution in [3.05, 3.63) is 83.4 Å². The topological polar surface area (TPSA) is 105 Å². The number of piperazine rings is 1. The summed E-state index contributed by atoms with van der Waals surface area (Å²) in [6.45, 7) is 0.810. The second-order valence-corrected chi connectivity index (χ2v) is 8.08. The summed E-state index contributed by atoms with van der Waals surface area (Å²) < 4.78 is 44.9. The highest BCUT2D eigenvalue weighted by molar-refractivity contribution is 5.99. The highest BCUT2D eigenvalue weighted by Crippen LogP contribution is 2.32. The van der Waals surface area contributed by atoms with Crippen LogP contribution in [0.4, 0.5) is 23.8 Å². The molecule has 0 aliphatic carbocycles. The molecule has 0 atom stereocenters. The van der Waals surface area contributed by atoms with Crippen LogP contribution < -0.4 is 15.0 Å². The van der Waals surface area contributed by atoms with Crippen molar-refractivity contribution < 1.29 is 32.3 Å². The van der Waals surface area contributed by atoms with Crippen molar-refractivity contribution in [2.24, 2.45) is 0 Å². The minimum atomic E-state index is -4.62. The first kappa shape index (κ1) is 25.6. The van der Waals surface area contributed by atoms with Crippen LogP contribution in [-0.2, 0) is 6.18 Å². The van der Waals surface area contributed by atoms with Crippen molar-refractivity contribution in [2.45, 2.75) is 6.18 Å². The van der Waals surface area contributed by atoms with Crippen LogP contribution >= 0.6 is 0 Å². The Morgan fingerprint density at radius 2 is 1.54 bits per heavy atom. The Balaban J connectivity index is 1.28. The number of Topliss-reactive ketones (excluding diaryl/α,β-unsaturated/α-hetero) is 1. The first-order chi connectivity index (χ1) is 17.7. The molecule has 1 saturated heterocycles. The third kappa shape index (κ3) is 6.40. The molecule has 0 saturated carbocycles. The van der Waals surface area contributed by atoms with Gasteiger partial charge in [0.05, 0.1) is 17.7 Å². The van der Waals surface area contributed by atoms with Crippen LogP contribution in [0.3, 0.4) is 0 Å². The molecule has 1 fully saturated rings. The zero-order chi connectivity index (χ0) is 26.4. The van der Waals surface area contributed by atoms with Crippen molar-refractivity contribution in [1.82, 2.24) is 20.4 Å². The fourth-order valence-corrected chi connectivity index (χ4v) is 3.77. The Morgan fingerprint density at radius 1 is 0.865 bits per heavy atom. The molecule has 2 heterocycles. The molecule has 2 aromatic carbocycles. The molecule has 1 N–H and O–H groups in total. The highest BCUT2D eigenvalue weighted by Gasteiger charge is 2.36. The van der Waals surface area contributed by atoms with E-state index in [9.17, 15) is 27.6 Å². The molecule has 3 aromatic rings. The zero-order valence-electron chi connectivity index (χ0n) is 19.4. The second kappa shape index (κ2) is 11.1. The molecular formula is C25H22F3N5O4. The molecule has 0 radical (unpaired) electrons. The lowest BCUT2D eigenvalue weighted by Gasteiger charge is -2.35. The summed E-state index contributed by atoms with van der Waals surface area (Å²) >= 11 is 0. The van der Waals surface area contributed by atoms with Gasteiger partial charge in [-0.3, -0.25) is 9.59 Å². The normalized spacial score (nSPS) is 13.7.